The normalized spacial score (nSPS) is 10.8. The van der Waals surface area contributed by atoms with Crippen LogP contribution < -0.4 is 0 Å². The molecule has 1 aromatic rings. The molecule has 72 valence electrons. The highest BCUT2D eigenvalue weighted by Gasteiger charge is 2.17. The van der Waals surface area contributed by atoms with Crippen molar-refractivity contribution in [1.29, 1.82) is 0 Å². The van der Waals surface area contributed by atoms with Crippen molar-refractivity contribution < 1.29 is 17.6 Å². The number of hydrogen-bond acceptors (Lipinski definition) is 0. The van der Waals surface area contributed by atoms with Crippen LogP contribution in [0.1, 0.15) is 5.56 Å². The molecule has 0 fully saturated rings. The second kappa shape index (κ2) is 3.91. The molecule has 0 aromatic heterocycles. The van der Waals surface area contributed by atoms with Gasteiger partial charge in [-0.2, -0.15) is 0 Å². The average molecular weight is 208 g/mol. The molecule has 0 amide bonds. The van der Waals surface area contributed by atoms with Gasteiger partial charge in [0.25, 0.3) is 0 Å². The number of benzene rings is 1. The zero-order valence-electron chi connectivity index (χ0n) is 7.00. The molecule has 1 aromatic carbocycles. The van der Waals surface area contributed by atoms with E-state index in [1.54, 1.807) is 0 Å². The molecule has 0 saturated carbocycles. The van der Waals surface area contributed by atoms with Gasteiger partial charge in [-0.15, -0.1) is 0 Å². The van der Waals surface area contributed by atoms with Crippen molar-refractivity contribution >= 4 is 10.2 Å². The lowest BCUT2D eigenvalue weighted by Crippen LogP contribution is -2.02. The lowest BCUT2D eigenvalue weighted by molar-refractivity contribution is 0.440. The van der Waals surface area contributed by atoms with Gasteiger partial charge in [-0.25, -0.2) is 17.6 Å². The first-order chi connectivity index (χ1) is 6.07. The molecule has 1 rings (SSSR count). The van der Waals surface area contributed by atoms with Crippen LogP contribution in [-0.4, -0.2) is 10.2 Å². The summed E-state index contributed by atoms with van der Waals surface area (Å²) in [6, 6.07) is 0.790. The van der Waals surface area contributed by atoms with Crippen LogP contribution in [0.15, 0.2) is 6.07 Å². The van der Waals surface area contributed by atoms with Gasteiger partial charge in [0.15, 0.2) is 23.3 Å². The lowest BCUT2D eigenvalue weighted by Gasteiger charge is -2.04. The Balaban J connectivity index is 3.28. The molecule has 0 saturated heterocycles. The molecule has 0 aliphatic heterocycles. The van der Waals surface area contributed by atoms with Crippen LogP contribution in [0.4, 0.5) is 17.6 Å². The Bertz CT molecular complexity index is 298. The predicted octanol–water partition coefficient (Wildman–Crippen LogP) is 1.57. The standard InChI is InChI=1S/C8H8F4Si/c9-5-3-6(10)8(12)4(1-2-13)7(5)11/h3H,1-2H2,13H3. The van der Waals surface area contributed by atoms with Crippen molar-refractivity contribution in [1.82, 2.24) is 0 Å². The van der Waals surface area contributed by atoms with E-state index in [2.05, 4.69) is 0 Å². The predicted molar refractivity (Wildman–Crippen MR) is 44.7 cm³/mol. The van der Waals surface area contributed by atoms with Crippen LogP contribution in [0.2, 0.25) is 6.04 Å². The van der Waals surface area contributed by atoms with Gasteiger partial charge in [0.2, 0.25) is 0 Å². The van der Waals surface area contributed by atoms with Crippen LogP contribution in [-0.2, 0) is 6.42 Å². The maximum absolute atomic E-state index is 12.9. The Morgan fingerprint density at radius 2 is 1.46 bits per heavy atom. The third kappa shape index (κ3) is 1.91. The maximum atomic E-state index is 12.9. The fraction of sp³-hybridized carbons (Fsp3) is 0.250. The van der Waals surface area contributed by atoms with Gasteiger partial charge in [-0.3, -0.25) is 0 Å². The molecule has 0 heterocycles. The number of rotatable bonds is 2. The minimum Gasteiger partial charge on any atom is -0.204 e. The van der Waals surface area contributed by atoms with Gasteiger partial charge in [-0.1, -0.05) is 6.04 Å². The average Bonchev–Trinajstić information content (AvgIpc) is 2.09. The van der Waals surface area contributed by atoms with E-state index >= 15 is 0 Å². The van der Waals surface area contributed by atoms with Crippen molar-refractivity contribution in [2.45, 2.75) is 12.5 Å². The Morgan fingerprint density at radius 3 is 1.85 bits per heavy atom. The van der Waals surface area contributed by atoms with Crippen molar-refractivity contribution in [2.24, 2.45) is 0 Å². The van der Waals surface area contributed by atoms with Gasteiger partial charge in [0, 0.05) is 21.9 Å². The fourth-order valence-electron chi connectivity index (χ4n) is 1.09. The second-order valence-electron chi connectivity index (χ2n) is 2.70. The highest BCUT2D eigenvalue weighted by molar-refractivity contribution is 6.08. The van der Waals surface area contributed by atoms with Crippen LogP contribution in [0.3, 0.4) is 0 Å². The molecule has 0 aliphatic rings. The summed E-state index contributed by atoms with van der Waals surface area (Å²) >= 11 is 0. The third-order valence-electron chi connectivity index (χ3n) is 1.70. The van der Waals surface area contributed by atoms with E-state index in [1.807, 2.05) is 0 Å². The molecule has 0 nitrogen and oxygen atoms in total. The summed E-state index contributed by atoms with van der Waals surface area (Å²) in [6.07, 6.45) is 0.0541. The van der Waals surface area contributed by atoms with Gasteiger partial charge >= 0.3 is 0 Å². The lowest BCUT2D eigenvalue weighted by atomic mass is 10.1. The molecule has 0 atom stereocenters. The van der Waals surface area contributed by atoms with Crippen LogP contribution in [0.5, 0.6) is 0 Å². The summed E-state index contributed by atoms with van der Waals surface area (Å²) in [5, 5.41) is 0. The van der Waals surface area contributed by atoms with Crippen molar-refractivity contribution in [2.75, 3.05) is 0 Å². The first-order valence-electron chi connectivity index (χ1n) is 3.89. The van der Waals surface area contributed by atoms with Crippen molar-refractivity contribution in [3.63, 3.8) is 0 Å². The largest absolute Gasteiger partial charge is 0.204 e. The Hall–Kier alpha value is -0.843. The van der Waals surface area contributed by atoms with Gasteiger partial charge in [0.1, 0.15) is 0 Å². The zero-order chi connectivity index (χ0) is 10.0. The minimum absolute atomic E-state index is 0.0541. The molecule has 13 heavy (non-hydrogen) atoms. The molecular weight excluding hydrogens is 200 g/mol. The Labute approximate surface area is 76.0 Å². The van der Waals surface area contributed by atoms with Crippen molar-refractivity contribution in [3.8, 4) is 0 Å². The Kier molecular flexibility index (Phi) is 3.08. The molecule has 0 aliphatic carbocycles. The van der Waals surface area contributed by atoms with Gasteiger partial charge < -0.3 is 0 Å². The summed E-state index contributed by atoms with van der Waals surface area (Å²) in [5.41, 5.74) is -0.479. The van der Waals surface area contributed by atoms with Gasteiger partial charge in [-0.05, 0) is 6.42 Å². The summed E-state index contributed by atoms with van der Waals surface area (Å²) in [7, 11) is 0.737. The smallest absolute Gasteiger partial charge is 0.165 e. The SMILES string of the molecule is Fc1cc(F)c(F)c(CC[SiH3])c1F. The monoisotopic (exact) mass is 208 g/mol. The molecule has 0 unspecified atom stereocenters. The van der Waals surface area contributed by atoms with E-state index in [0.29, 0.717) is 6.04 Å². The first-order valence-corrected chi connectivity index (χ1v) is 5.31. The first kappa shape index (κ1) is 10.2. The summed E-state index contributed by atoms with van der Waals surface area (Å²) < 4.78 is 50.9. The highest BCUT2D eigenvalue weighted by Crippen LogP contribution is 2.20. The molecule has 0 spiro atoms. The van der Waals surface area contributed by atoms with Crippen LogP contribution in [0, 0.1) is 23.3 Å². The van der Waals surface area contributed by atoms with E-state index in [1.165, 1.54) is 0 Å². The number of halogens is 4. The topological polar surface area (TPSA) is 0 Å². The second-order valence-corrected chi connectivity index (χ2v) is 3.70. The van der Waals surface area contributed by atoms with E-state index in [9.17, 15) is 17.6 Å². The van der Waals surface area contributed by atoms with Crippen LogP contribution >= 0.6 is 0 Å². The summed E-state index contributed by atoms with van der Waals surface area (Å²) in [4.78, 5) is 0. The van der Waals surface area contributed by atoms with Crippen molar-refractivity contribution in [3.05, 3.63) is 34.9 Å². The highest BCUT2D eigenvalue weighted by atomic mass is 28.1. The van der Waals surface area contributed by atoms with E-state index in [0.717, 1.165) is 10.2 Å². The maximum Gasteiger partial charge on any atom is 0.165 e. The fourth-order valence-corrected chi connectivity index (χ4v) is 1.59. The summed E-state index contributed by atoms with van der Waals surface area (Å²) in [5.74, 6) is -5.20. The third-order valence-corrected chi connectivity index (χ3v) is 2.20. The van der Waals surface area contributed by atoms with Crippen LogP contribution in [0.25, 0.3) is 0 Å². The van der Waals surface area contributed by atoms with E-state index in [-0.39, 0.29) is 12.5 Å². The van der Waals surface area contributed by atoms with Gasteiger partial charge in [0.05, 0.1) is 0 Å². The quantitative estimate of drug-likeness (QED) is 0.393. The molecule has 0 radical (unpaired) electrons. The molecule has 0 N–H and O–H groups in total. The molecule has 5 heteroatoms. The van der Waals surface area contributed by atoms with E-state index in [4.69, 9.17) is 0 Å². The van der Waals surface area contributed by atoms with E-state index < -0.39 is 28.8 Å². The molecule has 0 bridgehead atoms. The zero-order valence-corrected chi connectivity index (χ0v) is 9.00. The Morgan fingerprint density at radius 1 is 1.00 bits per heavy atom. The summed E-state index contributed by atoms with van der Waals surface area (Å²) in [6.45, 7) is 0. The molecular formula is C8H8F4Si. The minimum atomic E-state index is -1.33. The number of hydrogen-bond donors (Lipinski definition) is 0.